The topological polar surface area (TPSA) is 27.0 Å². The number of halogens is 2. The molecule has 2 nitrogen and oxygen atoms in total. The van der Waals surface area contributed by atoms with Gasteiger partial charge in [0.1, 0.15) is 6.07 Å². The number of piperidine rings is 1. The van der Waals surface area contributed by atoms with E-state index in [1.54, 1.807) is 0 Å². The van der Waals surface area contributed by atoms with Crippen molar-refractivity contribution < 1.29 is 8.78 Å². The highest BCUT2D eigenvalue weighted by Gasteiger charge is 2.40. The number of hydrogen-bond acceptors (Lipinski definition) is 2. The molecular weight excluding hydrogens is 162 g/mol. The van der Waals surface area contributed by atoms with Crippen molar-refractivity contribution in [2.75, 3.05) is 20.1 Å². The minimum atomic E-state index is -3.12. The zero-order valence-corrected chi connectivity index (χ0v) is 7.06. The molecule has 0 radical (unpaired) electrons. The van der Waals surface area contributed by atoms with Crippen molar-refractivity contribution in [2.24, 2.45) is 5.92 Å². The third-order valence-electron chi connectivity index (χ3n) is 2.38. The van der Waals surface area contributed by atoms with Gasteiger partial charge in [-0.25, -0.2) is 0 Å². The highest BCUT2D eigenvalue weighted by Crippen LogP contribution is 2.31. The third-order valence-corrected chi connectivity index (χ3v) is 2.38. The normalized spacial score (nSPS) is 22.2. The SMILES string of the molecule is CN1CCC(C(F)(F)C#N)CC1. The molecule has 0 bridgehead atoms. The van der Waals surface area contributed by atoms with Gasteiger partial charge in [0.25, 0.3) is 0 Å². The Kier molecular flexibility index (Phi) is 2.63. The molecule has 0 spiro atoms. The average Bonchev–Trinajstić information content (AvgIpc) is 2.05. The maximum absolute atomic E-state index is 12.8. The van der Waals surface area contributed by atoms with Crippen LogP contribution in [0.2, 0.25) is 0 Å². The highest BCUT2D eigenvalue weighted by molar-refractivity contribution is 4.98. The van der Waals surface area contributed by atoms with Gasteiger partial charge >= 0.3 is 5.92 Å². The summed E-state index contributed by atoms with van der Waals surface area (Å²) in [7, 11) is 1.90. The van der Waals surface area contributed by atoms with Gasteiger partial charge in [0.15, 0.2) is 0 Å². The van der Waals surface area contributed by atoms with E-state index >= 15 is 0 Å². The second-order valence-electron chi connectivity index (χ2n) is 3.31. The Balaban J connectivity index is 2.51. The van der Waals surface area contributed by atoms with Crippen molar-refractivity contribution >= 4 is 0 Å². The van der Waals surface area contributed by atoms with Crippen LogP contribution in [0.3, 0.4) is 0 Å². The standard InChI is InChI=1S/C8H12F2N2/c1-12-4-2-7(3-5-12)8(9,10)6-11/h7H,2-5H2,1H3. The molecule has 1 rings (SSSR count). The molecule has 1 aliphatic heterocycles. The fourth-order valence-electron chi connectivity index (χ4n) is 1.46. The number of nitrogens with zero attached hydrogens (tertiary/aromatic N) is 2. The molecule has 0 aromatic rings. The quantitative estimate of drug-likeness (QED) is 0.602. The van der Waals surface area contributed by atoms with E-state index in [1.165, 1.54) is 0 Å². The van der Waals surface area contributed by atoms with Gasteiger partial charge in [-0.1, -0.05) is 0 Å². The average molecular weight is 174 g/mol. The molecule has 0 saturated carbocycles. The van der Waals surface area contributed by atoms with Crippen LogP contribution in [-0.4, -0.2) is 31.0 Å². The van der Waals surface area contributed by atoms with Crippen LogP contribution in [0.5, 0.6) is 0 Å². The van der Waals surface area contributed by atoms with E-state index in [-0.39, 0.29) is 0 Å². The van der Waals surface area contributed by atoms with Crippen LogP contribution in [0.4, 0.5) is 8.78 Å². The van der Waals surface area contributed by atoms with Crippen molar-refractivity contribution in [3.05, 3.63) is 0 Å². The van der Waals surface area contributed by atoms with Crippen LogP contribution in [0.1, 0.15) is 12.8 Å². The minimum absolute atomic E-state index is 0.428. The van der Waals surface area contributed by atoms with Crippen molar-refractivity contribution in [1.82, 2.24) is 4.90 Å². The van der Waals surface area contributed by atoms with Crippen molar-refractivity contribution in [1.29, 1.82) is 5.26 Å². The fraction of sp³-hybridized carbons (Fsp3) is 0.875. The summed E-state index contributed by atoms with van der Waals surface area (Å²) in [5, 5.41) is 8.20. The summed E-state index contributed by atoms with van der Waals surface area (Å²) in [5.41, 5.74) is 0. The second-order valence-corrected chi connectivity index (χ2v) is 3.31. The molecule has 0 aliphatic carbocycles. The number of alkyl halides is 2. The molecule has 1 aliphatic rings. The summed E-state index contributed by atoms with van der Waals surface area (Å²) in [5.74, 6) is -3.86. The molecular formula is C8H12F2N2. The molecule has 0 aromatic carbocycles. The van der Waals surface area contributed by atoms with Crippen LogP contribution in [-0.2, 0) is 0 Å². The fourth-order valence-corrected chi connectivity index (χ4v) is 1.46. The number of hydrogen-bond donors (Lipinski definition) is 0. The van der Waals surface area contributed by atoms with E-state index in [0.717, 1.165) is 6.07 Å². The van der Waals surface area contributed by atoms with Gasteiger partial charge in [-0.3, -0.25) is 0 Å². The Labute approximate surface area is 70.8 Å². The maximum Gasteiger partial charge on any atom is 0.334 e. The molecule has 0 N–H and O–H groups in total. The van der Waals surface area contributed by atoms with Crippen LogP contribution in [0.15, 0.2) is 0 Å². The van der Waals surface area contributed by atoms with E-state index in [4.69, 9.17) is 5.26 Å². The summed E-state index contributed by atoms with van der Waals surface area (Å²) in [6.45, 7) is 1.34. The zero-order valence-electron chi connectivity index (χ0n) is 7.06. The van der Waals surface area contributed by atoms with Gasteiger partial charge in [-0.05, 0) is 33.0 Å². The molecule has 0 amide bonds. The van der Waals surface area contributed by atoms with E-state index in [2.05, 4.69) is 0 Å². The molecule has 0 atom stereocenters. The summed E-state index contributed by atoms with van der Waals surface area (Å²) in [6.07, 6.45) is 0.855. The van der Waals surface area contributed by atoms with E-state index in [0.29, 0.717) is 25.9 Å². The Morgan fingerprint density at radius 1 is 1.42 bits per heavy atom. The smallest absolute Gasteiger partial charge is 0.306 e. The van der Waals surface area contributed by atoms with Gasteiger partial charge in [0.2, 0.25) is 0 Å². The predicted octanol–water partition coefficient (Wildman–Crippen LogP) is 1.49. The number of likely N-dealkylation sites (tertiary alicyclic amines) is 1. The molecule has 1 saturated heterocycles. The summed E-state index contributed by atoms with van der Waals surface area (Å²) >= 11 is 0. The predicted molar refractivity (Wildman–Crippen MR) is 40.8 cm³/mol. The highest BCUT2D eigenvalue weighted by atomic mass is 19.3. The lowest BCUT2D eigenvalue weighted by molar-refractivity contribution is -0.0257. The van der Waals surface area contributed by atoms with Crippen molar-refractivity contribution in [2.45, 2.75) is 18.8 Å². The summed E-state index contributed by atoms with van der Waals surface area (Å²) < 4.78 is 25.6. The Bertz CT molecular complexity index is 190. The van der Waals surface area contributed by atoms with Gasteiger partial charge < -0.3 is 4.90 Å². The van der Waals surface area contributed by atoms with Gasteiger partial charge in [0, 0.05) is 5.92 Å². The van der Waals surface area contributed by atoms with Gasteiger partial charge in [-0.15, -0.1) is 0 Å². The Hall–Kier alpha value is -0.690. The molecule has 1 heterocycles. The number of rotatable bonds is 1. The summed E-state index contributed by atoms with van der Waals surface area (Å²) in [6, 6.07) is 1.07. The van der Waals surface area contributed by atoms with E-state index < -0.39 is 11.8 Å². The van der Waals surface area contributed by atoms with Crippen LogP contribution < -0.4 is 0 Å². The van der Waals surface area contributed by atoms with Gasteiger partial charge in [-0.2, -0.15) is 14.0 Å². The zero-order chi connectivity index (χ0) is 9.19. The minimum Gasteiger partial charge on any atom is -0.306 e. The molecule has 12 heavy (non-hydrogen) atoms. The third kappa shape index (κ3) is 1.92. The van der Waals surface area contributed by atoms with Gasteiger partial charge in [0.05, 0.1) is 0 Å². The molecule has 1 fully saturated rings. The first-order valence-electron chi connectivity index (χ1n) is 4.04. The number of nitriles is 1. The maximum atomic E-state index is 12.8. The van der Waals surface area contributed by atoms with E-state index in [9.17, 15) is 8.78 Å². The van der Waals surface area contributed by atoms with E-state index in [1.807, 2.05) is 11.9 Å². The lowest BCUT2D eigenvalue weighted by atomic mass is 9.91. The molecule has 4 heteroatoms. The molecule has 0 aromatic heterocycles. The Morgan fingerprint density at radius 2 is 1.92 bits per heavy atom. The largest absolute Gasteiger partial charge is 0.334 e. The molecule has 68 valence electrons. The first-order chi connectivity index (χ1) is 5.56. The first kappa shape index (κ1) is 9.40. The van der Waals surface area contributed by atoms with Crippen LogP contribution in [0, 0.1) is 17.2 Å². The lowest BCUT2D eigenvalue weighted by Gasteiger charge is -2.30. The monoisotopic (exact) mass is 174 g/mol. The summed E-state index contributed by atoms with van der Waals surface area (Å²) in [4.78, 5) is 2.00. The Morgan fingerprint density at radius 3 is 2.33 bits per heavy atom. The molecule has 0 unspecified atom stereocenters. The van der Waals surface area contributed by atoms with Crippen LogP contribution in [0.25, 0.3) is 0 Å². The second kappa shape index (κ2) is 3.36. The van der Waals surface area contributed by atoms with Crippen molar-refractivity contribution in [3.8, 4) is 6.07 Å². The van der Waals surface area contributed by atoms with Crippen molar-refractivity contribution in [3.63, 3.8) is 0 Å². The lowest BCUT2D eigenvalue weighted by Crippen LogP contribution is -2.38. The van der Waals surface area contributed by atoms with Crippen LogP contribution >= 0.6 is 0 Å². The first-order valence-corrected chi connectivity index (χ1v) is 4.04.